The minimum absolute atomic E-state index is 0.0223. The molecule has 0 aliphatic heterocycles. The smallest absolute Gasteiger partial charge is 0.410 e. The highest BCUT2D eigenvalue weighted by molar-refractivity contribution is 7.84. The molecule has 1 aliphatic rings. The Balaban J connectivity index is 1.60. The van der Waals surface area contributed by atoms with Crippen LogP contribution >= 0.6 is 0 Å². The fraction of sp³-hybridized carbons (Fsp3) is 0.259. The second-order valence-corrected chi connectivity index (χ2v) is 9.88. The molecule has 3 aromatic carbocycles. The Morgan fingerprint density at radius 1 is 1.06 bits per heavy atom. The number of aromatic hydroxyl groups is 1. The summed E-state index contributed by atoms with van der Waals surface area (Å²) in [6.07, 6.45) is 0.628. The molecule has 2 N–H and O–H groups in total. The fourth-order valence-corrected chi connectivity index (χ4v) is 5.19. The fourth-order valence-electron chi connectivity index (χ4n) is 4.46. The van der Waals surface area contributed by atoms with Crippen molar-refractivity contribution < 1.29 is 33.5 Å². The number of rotatable bonds is 8. The van der Waals surface area contributed by atoms with Crippen LogP contribution in [0.1, 0.15) is 29.5 Å². The lowest BCUT2D eigenvalue weighted by molar-refractivity contribution is -0.142. The Morgan fingerprint density at radius 3 is 2.17 bits per heavy atom. The van der Waals surface area contributed by atoms with Gasteiger partial charge in [0.2, 0.25) is 0 Å². The lowest BCUT2D eigenvalue weighted by Gasteiger charge is -2.27. The topological polar surface area (TPSA) is 113 Å². The van der Waals surface area contributed by atoms with Gasteiger partial charge < -0.3 is 19.7 Å². The molecule has 0 fully saturated rings. The molecule has 0 saturated carbocycles. The molecule has 0 bridgehead atoms. The van der Waals surface area contributed by atoms with Crippen LogP contribution in [-0.2, 0) is 26.9 Å². The number of aliphatic carboxylic acids is 1. The quantitative estimate of drug-likeness (QED) is 0.464. The minimum atomic E-state index is -1.44. The number of carbonyl (C=O) groups excluding carboxylic acids is 1. The first-order valence-electron chi connectivity index (χ1n) is 11.3. The molecule has 0 aromatic heterocycles. The molecule has 36 heavy (non-hydrogen) atoms. The molecule has 0 radical (unpaired) electrons. The highest BCUT2D eigenvalue weighted by Gasteiger charge is 2.32. The molecule has 1 unspecified atom stereocenters. The maximum atomic E-state index is 13.2. The number of carbonyl (C=O) groups is 2. The maximum Gasteiger partial charge on any atom is 0.410 e. The lowest BCUT2D eigenvalue weighted by atomic mass is 9.98. The van der Waals surface area contributed by atoms with E-state index < -0.39 is 28.9 Å². The van der Waals surface area contributed by atoms with Gasteiger partial charge in [-0.2, -0.15) is 0 Å². The highest BCUT2D eigenvalue weighted by Crippen LogP contribution is 2.44. The van der Waals surface area contributed by atoms with Crippen molar-refractivity contribution >= 4 is 22.9 Å². The molecule has 0 spiro atoms. The molecule has 8 nitrogen and oxygen atoms in total. The largest absolute Gasteiger partial charge is 0.507 e. The summed E-state index contributed by atoms with van der Waals surface area (Å²) in [6, 6.07) is 17.3. The molecule has 9 heteroatoms. The van der Waals surface area contributed by atoms with E-state index in [-0.39, 0.29) is 36.1 Å². The van der Waals surface area contributed by atoms with Crippen molar-refractivity contribution in [3.05, 3.63) is 77.4 Å². The second kappa shape index (κ2) is 10.4. The predicted octanol–water partition coefficient (Wildman–Crippen LogP) is 4.36. The van der Waals surface area contributed by atoms with Crippen LogP contribution in [-0.4, -0.2) is 57.4 Å². The average Bonchev–Trinajstić information content (AvgIpc) is 3.19. The van der Waals surface area contributed by atoms with Crippen molar-refractivity contribution in [2.75, 3.05) is 20.0 Å². The molecular weight excluding hydrogens is 482 g/mol. The van der Waals surface area contributed by atoms with Crippen LogP contribution in [0.2, 0.25) is 0 Å². The summed E-state index contributed by atoms with van der Waals surface area (Å²) in [5.41, 5.74) is 4.45. The lowest BCUT2D eigenvalue weighted by Crippen LogP contribution is -2.43. The number of phenols is 1. The van der Waals surface area contributed by atoms with E-state index in [9.17, 15) is 24.0 Å². The van der Waals surface area contributed by atoms with E-state index in [0.29, 0.717) is 4.90 Å². The number of phenolic OH excluding ortho intramolecular Hbond substituents is 1. The van der Waals surface area contributed by atoms with Gasteiger partial charge in [0.15, 0.2) is 0 Å². The number of methoxy groups -OCH3 is 1. The van der Waals surface area contributed by atoms with Crippen LogP contribution in [0.3, 0.4) is 0 Å². The third-order valence-electron chi connectivity index (χ3n) is 6.41. The third-order valence-corrected chi connectivity index (χ3v) is 7.35. The van der Waals surface area contributed by atoms with Gasteiger partial charge in [-0.3, -0.25) is 9.11 Å². The average molecular weight is 510 g/mol. The van der Waals surface area contributed by atoms with Gasteiger partial charge in [-0.1, -0.05) is 48.5 Å². The van der Waals surface area contributed by atoms with Crippen molar-refractivity contribution in [1.29, 1.82) is 0 Å². The van der Waals surface area contributed by atoms with Crippen LogP contribution in [0.25, 0.3) is 11.1 Å². The first kappa shape index (κ1) is 25.2. The number of amides is 1. The van der Waals surface area contributed by atoms with Crippen LogP contribution in [0.4, 0.5) is 4.79 Å². The monoisotopic (exact) mass is 509 g/mol. The van der Waals surface area contributed by atoms with E-state index >= 15 is 0 Å². The van der Waals surface area contributed by atoms with Crippen molar-refractivity contribution in [1.82, 2.24) is 4.90 Å². The number of carboxylic acid groups (broad SMARTS) is 1. The van der Waals surface area contributed by atoms with Gasteiger partial charge in [0.25, 0.3) is 0 Å². The molecule has 1 amide bonds. The predicted molar refractivity (Wildman–Crippen MR) is 135 cm³/mol. The zero-order valence-corrected chi connectivity index (χ0v) is 21.0. The Labute approximate surface area is 211 Å². The van der Waals surface area contributed by atoms with Crippen LogP contribution in [0.15, 0.2) is 65.6 Å². The molecule has 0 saturated heterocycles. The standard InChI is InChI=1S/C27H27NO7S/c1-16(26(30)31)28(14-17-12-25(36(3)33)24(34-2)13-23(17)29)27(32)35-15-22-20-10-6-4-8-18(20)19-9-5-7-11-21(19)22/h4-13,16,22,29H,14-15H2,1-3H3,(H,30,31)/t16-,36?/m0/s1. The van der Waals surface area contributed by atoms with Gasteiger partial charge >= 0.3 is 12.1 Å². The zero-order chi connectivity index (χ0) is 26.0. The minimum Gasteiger partial charge on any atom is -0.507 e. The number of benzene rings is 3. The summed E-state index contributed by atoms with van der Waals surface area (Å²) in [4.78, 5) is 26.4. The number of hydrogen-bond donors (Lipinski definition) is 2. The summed E-state index contributed by atoms with van der Waals surface area (Å²) < 4.78 is 23.0. The van der Waals surface area contributed by atoms with Crippen LogP contribution in [0.5, 0.6) is 11.5 Å². The van der Waals surface area contributed by atoms with Gasteiger partial charge in [-0.15, -0.1) is 0 Å². The highest BCUT2D eigenvalue weighted by atomic mass is 32.2. The first-order chi connectivity index (χ1) is 17.2. The van der Waals surface area contributed by atoms with Gasteiger partial charge in [-0.05, 0) is 35.2 Å². The number of fused-ring (bicyclic) bond motifs is 3. The Morgan fingerprint density at radius 2 is 1.64 bits per heavy atom. The van der Waals surface area contributed by atoms with Gasteiger partial charge in [0, 0.05) is 23.8 Å². The van der Waals surface area contributed by atoms with Gasteiger partial charge in [0.1, 0.15) is 24.1 Å². The second-order valence-electron chi connectivity index (χ2n) is 8.53. The summed E-state index contributed by atoms with van der Waals surface area (Å²) in [5, 5.41) is 20.1. The first-order valence-corrected chi connectivity index (χ1v) is 12.9. The van der Waals surface area contributed by atoms with E-state index in [1.54, 1.807) is 0 Å². The van der Waals surface area contributed by atoms with E-state index in [0.717, 1.165) is 27.2 Å². The summed E-state index contributed by atoms with van der Waals surface area (Å²) in [6.45, 7) is 1.13. The van der Waals surface area contributed by atoms with E-state index in [2.05, 4.69) is 0 Å². The Kier molecular flexibility index (Phi) is 7.30. The van der Waals surface area contributed by atoms with Crippen molar-refractivity contribution in [3.63, 3.8) is 0 Å². The maximum absolute atomic E-state index is 13.2. The molecule has 4 rings (SSSR count). The Hall–Kier alpha value is -3.85. The number of hydrogen-bond acceptors (Lipinski definition) is 6. The zero-order valence-electron chi connectivity index (χ0n) is 20.1. The molecule has 1 aliphatic carbocycles. The Bertz CT molecular complexity index is 1290. The number of carboxylic acids is 1. The molecular formula is C27H27NO7S. The molecule has 0 heterocycles. The van der Waals surface area contributed by atoms with Crippen molar-refractivity contribution in [3.8, 4) is 22.6 Å². The van der Waals surface area contributed by atoms with E-state index in [1.807, 2.05) is 48.5 Å². The van der Waals surface area contributed by atoms with Crippen LogP contribution in [0, 0.1) is 0 Å². The van der Waals surface area contributed by atoms with Crippen LogP contribution < -0.4 is 4.74 Å². The molecule has 188 valence electrons. The number of nitrogens with zero attached hydrogens (tertiary/aromatic N) is 1. The SMILES string of the molecule is COc1cc(O)c(CN(C(=O)OCC2c3ccccc3-c3ccccc32)[C@@H](C)C(=O)O)cc1S(C)=O. The van der Waals surface area contributed by atoms with E-state index in [4.69, 9.17) is 9.47 Å². The normalized spacial score (nSPS) is 13.9. The van der Waals surface area contributed by atoms with Gasteiger partial charge in [0.05, 0.1) is 29.3 Å². The van der Waals surface area contributed by atoms with Gasteiger partial charge in [-0.25, -0.2) is 9.59 Å². The van der Waals surface area contributed by atoms with E-state index in [1.165, 1.54) is 32.4 Å². The summed E-state index contributed by atoms with van der Waals surface area (Å²) in [7, 11) is -0.0493. The third kappa shape index (κ3) is 4.79. The molecule has 2 atom stereocenters. The number of ether oxygens (including phenoxy) is 2. The summed E-state index contributed by atoms with van der Waals surface area (Å²) in [5.74, 6) is -1.39. The summed E-state index contributed by atoms with van der Waals surface area (Å²) >= 11 is 0. The molecule has 3 aromatic rings. The van der Waals surface area contributed by atoms with Crippen molar-refractivity contribution in [2.45, 2.75) is 30.3 Å². The van der Waals surface area contributed by atoms with Crippen molar-refractivity contribution in [2.24, 2.45) is 0 Å².